The fourth-order valence-electron chi connectivity index (χ4n) is 7.74. The number of benzene rings is 3. The van der Waals surface area contributed by atoms with Crippen molar-refractivity contribution >= 4 is 35.2 Å². The lowest BCUT2D eigenvalue weighted by Gasteiger charge is -2.23. The topological polar surface area (TPSA) is 211 Å². The molecule has 0 saturated heterocycles. The molecule has 2 atom stereocenters. The number of carbonyl (C=O) groups excluding carboxylic acids is 5. The Bertz CT molecular complexity index is 2120. The Morgan fingerprint density at radius 3 is 2.29 bits per heavy atom. The number of nitrogens with two attached hydrogens (primary N) is 2. The maximum absolute atomic E-state index is 14.1. The minimum atomic E-state index is -1.04. The van der Waals surface area contributed by atoms with E-state index in [0.29, 0.717) is 50.7 Å². The van der Waals surface area contributed by atoms with Gasteiger partial charge >= 0.3 is 0 Å². The summed E-state index contributed by atoms with van der Waals surface area (Å²) >= 11 is 0. The molecule has 1 aliphatic heterocycles. The third-order valence-corrected chi connectivity index (χ3v) is 10.6. The Balaban J connectivity index is 1.25. The maximum Gasteiger partial charge on any atom is 0.255 e. The molecule has 2 aliphatic rings. The molecule has 56 heavy (non-hydrogen) atoms. The van der Waals surface area contributed by atoms with E-state index >= 15 is 0 Å². The van der Waals surface area contributed by atoms with Crippen LogP contribution in [0.2, 0.25) is 0 Å². The molecular weight excluding hydrogens is 709 g/mol. The molecule has 5 amide bonds. The minimum absolute atomic E-state index is 0.00151. The first kappa shape index (κ1) is 39.7. The van der Waals surface area contributed by atoms with Gasteiger partial charge in [-0.15, -0.1) is 0 Å². The number of fused-ring (bicyclic) bond motifs is 5. The Labute approximate surface area is 326 Å². The van der Waals surface area contributed by atoms with Crippen LogP contribution in [0, 0.1) is 26.7 Å². The van der Waals surface area contributed by atoms with Gasteiger partial charge in [-0.1, -0.05) is 80.3 Å². The fraction of sp³-hybridized carbons (Fsp3) is 0.372. The number of hydrogen-bond donors (Lipinski definition) is 6. The predicted octanol–water partition coefficient (Wildman–Crippen LogP) is 3.74. The first-order valence-electron chi connectivity index (χ1n) is 19.2. The summed E-state index contributed by atoms with van der Waals surface area (Å²) < 4.78 is 0. The fourth-order valence-corrected chi connectivity index (χ4v) is 7.74. The van der Waals surface area contributed by atoms with Crippen molar-refractivity contribution < 1.29 is 24.0 Å². The van der Waals surface area contributed by atoms with Gasteiger partial charge in [0.2, 0.25) is 23.6 Å². The van der Waals surface area contributed by atoms with Crippen LogP contribution in [-0.4, -0.2) is 64.7 Å². The summed E-state index contributed by atoms with van der Waals surface area (Å²) in [6, 6.07) is 17.2. The van der Waals surface area contributed by atoms with Gasteiger partial charge in [0.05, 0.1) is 35.6 Å². The summed E-state index contributed by atoms with van der Waals surface area (Å²) in [6.07, 6.45) is 6.50. The Hall–Kier alpha value is -5.95. The van der Waals surface area contributed by atoms with Crippen LogP contribution in [0.1, 0.15) is 76.1 Å². The number of rotatable bonds is 10. The van der Waals surface area contributed by atoms with Crippen LogP contribution in [0.25, 0.3) is 22.5 Å². The van der Waals surface area contributed by atoms with Crippen molar-refractivity contribution in [1.82, 2.24) is 25.9 Å². The molecule has 8 N–H and O–H groups in total. The number of anilines is 1. The molecule has 1 saturated carbocycles. The largest absolute Gasteiger partial charge is 0.368 e. The highest BCUT2D eigenvalue weighted by Crippen LogP contribution is 2.34. The zero-order valence-corrected chi connectivity index (χ0v) is 32.2. The smallest absolute Gasteiger partial charge is 0.255 e. The monoisotopic (exact) mass is 758 g/mol. The van der Waals surface area contributed by atoms with Gasteiger partial charge in [-0.05, 0) is 80.0 Å². The van der Waals surface area contributed by atoms with Gasteiger partial charge in [0.1, 0.15) is 12.1 Å². The number of amides is 5. The second kappa shape index (κ2) is 17.7. The number of nitrogens with one attached hydrogen (secondary N) is 4. The van der Waals surface area contributed by atoms with Gasteiger partial charge in [-0.2, -0.15) is 0 Å². The lowest BCUT2D eigenvalue weighted by molar-refractivity contribution is -0.128. The van der Waals surface area contributed by atoms with Crippen molar-refractivity contribution in [2.75, 3.05) is 18.4 Å². The molecule has 3 aromatic carbocycles. The Morgan fingerprint density at radius 2 is 1.61 bits per heavy atom. The summed E-state index contributed by atoms with van der Waals surface area (Å²) in [5.74, 6) is -1.36. The number of aromatic nitrogens is 2. The summed E-state index contributed by atoms with van der Waals surface area (Å²) in [7, 11) is 0. The van der Waals surface area contributed by atoms with Crippen molar-refractivity contribution in [3.05, 3.63) is 99.9 Å². The minimum Gasteiger partial charge on any atom is -0.368 e. The molecule has 1 fully saturated rings. The molecule has 1 aromatic heterocycles. The van der Waals surface area contributed by atoms with Gasteiger partial charge in [0.15, 0.2) is 5.82 Å². The number of nitrogens with zero attached hydrogens (tertiary/aromatic N) is 2. The van der Waals surface area contributed by atoms with E-state index in [1.165, 1.54) is 31.2 Å². The summed E-state index contributed by atoms with van der Waals surface area (Å²) in [5, 5.41) is 11.1. The number of aryl methyl sites for hydroxylation is 3. The predicted molar refractivity (Wildman–Crippen MR) is 214 cm³/mol. The highest BCUT2D eigenvalue weighted by molar-refractivity contribution is 6.04. The first-order valence-corrected chi connectivity index (χ1v) is 19.2. The Morgan fingerprint density at radius 1 is 0.893 bits per heavy atom. The summed E-state index contributed by atoms with van der Waals surface area (Å²) in [5.41, 5.74) is 18.9. The second-order valence-corrected chi connectivity index (χ2v) is 15.0. The van der Waals surface area contributed by atoms with Crippen LogP contribution < -0.4 is 32.7 Å². The molecule has 4 aromatic rings. The van der Waals surface area contributed by atoms with E-state index in [4.69, 9.17) is 21.4 Å². The van der Waals surface area contributed by atoms with Crippen LogP contribution >= 0.6 is 0 Å². The molecule has 292 valence electrons. The molecule has 1 aliphatic carbocycles. The van der Waals surface area contributed by atoms with Crippen LogP contribution in [0.3, 0.4) is 0 Å². The average Bonchev–Trinajstić information content (AvgIpc) is 3.67. The van der Waals surface area contributed by atoms with Crippen molar-refractivity contribution in [2.24, 2.45) is 17.4 Å². The van der Waals surface area contributed by atoms with Gasteiger partial charge in [0.25, 0.3) is 5.91 Å². The number of hydrogen-bond acceptors (Lipinski definition) is 8. The van der Waals surface area contributed by atoms with Crippen molar-refractivity contribution in [2.45, 2.75) is 84.2 Å². The SMILES string of the molecule is Cc1cc2cc(c1NC(=O)[C@H](CCN)NC(=O)c1c(C)nc(-c3ccc(CC4CCCC4)cc3)nc1C)-c1cccc(c1)CC(=O)NCC(=O)NC(C(N)=O)C2. The van der Waals surface area contributed by atoms with Gasteiger partial charge < -0.3 is 32.7 Å². The van der Waals surface area contributed by atoms with E-state index in [1.807, 2.05) is 43.3 Å². The van der Waals surface area contributed by atoms with E-state index in [0.717, 1.165) is 17.9 Å². The zero-order chi connectivity index (χ0) is 39.9. The van der Waals surface area contributed by atoms with E-state index in [9.17, 15) is 24.0 Å². The summed E-state index contributed by atoms with van der Waals surface area (Å²) in [6.45, 7) is 5.14. The van der Waals surface area contributed by atoms with Gasteiger partial charge in [-0.3, -0.25) is 24.0 Å². The molecular formula is C43H50N8O5. The van der Waals surface area contributed by atoms with Crippen LogP contribution in [0.5, 0.6) is 0 Å². The van der Waals surface area contributed by atoms with Crippen LogP contribution in [0.15, 0.2) is 60.7 Å². The molecule has 0 radical (unpaired) electrons. The third-order valence-electron chi connectivity index (χ3n) is 10.6. The standard InChI is InChI=1S/C43H50N8O5/c1-24-17-30-20-33(32-10-6-9-29(19-32)22-36(52)46-23-37(53)49-35(21-30)40(45)54)39(24)51-42(55)34(15-16-44)50-43(56)38-25(2)47-41(48-26(38)3)31-13-11-28(12-14-31)18-27-7-4-5-8-27/h6,9-14,17,19-20,27,34-35H,4-5,7-8,15-16,18,21-23,44H2,1-3H3,(H2,45,54)(H,46,52)(H,49,53)(H,50,56)(H,51,55)/t34-,35?/m0/s1. The molecule has 1 unspecified atom stereocenters. The molecule has 4 bridgehead atoms. The Kier molecular flexibility index (Phi) is 12.5. The number of primary amides is 1. The normalized spacial score (nSPS) is 16.6. The van der Waals surface area contributed by atoms with E-state index in [1.54, 1.807) is 26.0 Å². The van der Waals surface area contributed by atoms with E-state index in [2.05, 4.69) is 33.4 Å². The second-order valence-electron chi connectivity index (χ2n) is 15.0. The van der Waals surface area contributed by atoms with E-state index < -0.39 is 35.7 Å². The molecule has 13 heteroatoms. The van der Waals surface area contributed by atoms with Crippen molar-refractivity contribution in [3.8, 4) is 22.5 Å². The molecule has 2 heterocycles. The van der Waals surface area contributed by atoms with Gasteiger partial charge in [-0.25, -0.2) is 9.97 Å². The molecule has 13 nitrogen and oxygen atoms in total. The van der Waals surface area contributed by atoms with Crippen LogP contribution in [-0.2, 0) is 38.4 Å². The first-order chi connectivity index (χ1) is 26.9. The highest BCUT2D eigenvalue weighted by atomic mass is 16.2. The lowest BCUT2D eigenvalue weighted by Crippen LogP contribution is -2.49. The van der Waals surface area contributed by atoms with E-state index in [-0.39, 0.29) is 43.8 Å². The maximum atomic E-state index is 14.1. The lowest BCUT2D eigenvalue weighted by atomic mass is 9.93. The summed E-state index contributed by atoms with van der Waals surface area (Å²) in [4.78, 5) is 74.9. The van der Waals surface area contributed by atoms with Crippen LogP contribution in [0.4, 0.5) is 5.69 Å². The average molecular weight is 759 g/mol. The van der Waals surface area contributed by atoms with Crippen molar-refractivity contribution in [1.29, 1.82) is 0 Å². The van der Waals surface area contributed by atoms with Crippen molar-refractivity contribution in [3.63, 3.8) is 0 Å². The highest BCUT2D eigenvalue weighted by Gasteiger charge is 2.27. The third kappa shape index (κ3) is 9.64. The zero-order valence-electron chi connectivity index (χ0n) is 32.2. The molecule has 0 spiro atoms. The molecule has 6 rings (SSSR count). The number of carbonyl (C=O) groups is 5. The van der Waals surface area contributed by atoms with Gasteiger partial charge in [0, 0.05) is 17.5 Å². The quantitative estimate of drug-likeness (QED) is 0.140.